The zero-order valence-corrected chi connectivity index (χ0v) is 15.9. The van der Waals surface area contributed by atoms with E-state index in [4.69, 9.17) is 4.74 Å². The molecule has 4 heteroatoms. The summed E-state index contributed by atoms with van der Waals surface area (Å²) in [6.45, 7) is 5.19. The molecule has 0 fully saturated rings. The molecule has 0 saturated carbocycles. The lowest BCUT2D eigenvalue weighted by Gasteiger charge is -2.20. The second-order valence-corrected chi connectivity index (χ2v) is 6.62. The van der Waals surface area contributed by atoms with Crippen molar-refractivity contribution in [3.05, 3.63) is 89.7 Å². The molecule has 1 atom stereocenters. The third-order valence-electron chi connectivity index (χ3n) is 4.52. The van der Waals surface area contributed by atoms with Crippen LogP contribution in [0.25, 0.3) is 0 Å². The minimum absolute atomic E-state index is 0.0137. The van der Waals surface area contributed by atoms with Crippen molar-refractivity contribution in [2.75, 3.05) is 6.61 Å². The van der Waals surface area contributed by atoms with Crippen LogP contribution in [0.3, 0.4) is 0 Å². The highest BCUT2D eigenvalue weighted by Crippen LogP contribution is 2.23. The first kappa shape index (κ1) is 18.8. The molecular formula is C23H26N2O2. The number of benzene rings is 2. The highest BCUT2D eigenvalue weighted by atomic mass is 16.5. The van der Waals surface area contributed by atoms with Gasteiger partial charge >= 0.3 is 0 Å². The summed E-state index contributed by atoms with van der Waals surface area (Å²) < 4.78 is 7.54. The normalized spacial score (nSPS) is 11.8. The Bertz CT molecular complexity index is 854. The molecule has 1 heterocycles. The lowest BCUT2D eigenvalue weighted by molar-refractivity contribution is -0.121. The first-order valence-electron chi connectivity index (χ1n) is 9.33. The Balaban J connectivity index is 1.64. The van der Waals surface area contributed by atoms with Crippen molar-refractivity contribution in [1.82, 2.24) is 9.88 Å². The van der Waals surface area contributed by atoms with E-state index < -0.39 is 0 Å². The van der Waals surface area contributed by atoms with Crippen LogP contribution in [0, 0.1) is 6.92 Å². The molecule has 0 spiro atoms. The van der Waals surface area contributed by atoms with Crippen LogP contribution in [0.1, 0.15) is 36.1 Å². The Morgan fingerprint density at radius 3 is 2.48 bits per heavy atom. The summed E-state index contributed by atoms with van der Waals surface area (Å²) in [7, 11) is 0. The Labute approximate surface area is 160 Å². The van der Waals surface area contributed by atoms with Crippen molar-refractivity contribution >= 4 is 5.91 Å². The average Bonchev–Trinajstić information content (AvgIpc) is 3.20. The molecule has 0 aliphatic heterocycles. The number of hydrogen-bond donors (Lipinski definition) is 1. The molecule has 140 valence electrons. The number of carbonyl (C=O) groups is 1. The van der Waals surface area contributed by atoms with Crippen LogP contribution in [0.2, 0.25) is 0 Å². The van der Waals surface area contributed by atoms with Gasteiger partial charge in [-0.2, -0.15) is 0 Å². The van der Waals surface area contributed by atoms with Gasteiger partial charge in [0.2, 0.25) is 5.91 Å². The summed E-state index contributed by atoms with van der Waals surface area (Å²) in [5.74, 6) is 0.879. The maximum atomic E-state index is 12.6. The Kier molecular flexibility index (Phi) is 6.31. The van der Waals surface area contributed by atoms with Crippen LogP contribution < -0.4 is 10.1 Å². The molecule has 3 aromatic rings. The molecule has 0 aliphatic carbocycles. The lowest BCUT2D eigenvalue weighted by atomic mass is 10.0. The SMILES string of the molecule is CCOc1ccc(CNC(=O)C[C@H](c2cccc(C)c2)n2cccc2)cc1. The predicted molar refractivity (Wildman–Crippen MR) is 108 cm³/mol. The number of aryl methyl sites for hydroxylation is 1. The van der Waals surface area contributed by atoms with E-state index in [1.807, 2.05) is 61.8 Å². The van der Waals surface area contributed by atoms with E-state index in [1.165, 1.54) is 5.56 Å². The smallest absolute Gasteiger partial charge is 0.222 e. The lowest BCUT2D eigenvalue weighted by Crippen LogP contribution is -2.26. The fourth-order valence-corrected chi connectivity index (χ4v) is 3.15. The largest absolute Gasteiger partial charge is 0.494 e. The summed E-state index contributed by atoms with van der Waals surface area (Å²) in [4.78, 5) is 12.6. The molecule has 0 bridgehead atoms. The molecule has 0 unspecified atom stereocenters. The van der Waals surface area contributed by atoms with Gasteiger partial charge in [0, 0.05) is 18.9 Å². The molecule has 0 saturated heterocycles. The van der Waals surface area contributed by atoms with E-state index in [2.05, 4.69) is 35.0 Å². The van der Waals surface area contributed by atoms with Crippen LogP contribution in [-0.4, -0.2) is 17.1 Å². The van der Waals surface area contributed by atoms with E-state index in [0.717, 1.165) is 16.9 Å². The number of hydrogen-bond acceptors (Lipinski definition) is 2. The molecule has 0 radical (unpaired) electrons. The van der Waals surface area contributed by atoms with Crippen molar-refractivity contribution in [2.45, 2.75) is 32.9 Å². The number of nitrogens with zero attached hydrogens (tertiary/aromatic N) is 1. The molecule has 27 heavy (non-hydrogen) atoms. The second-order valence-electron chi connectivity index (χ2n) is 6.62. The topological polar surface area (TPSA) is 43.3 Å². The van der Waals surface area contributed by atoms with Gasteiger partial charge in [0.1, 0.15) is 5.75 Å². The molecule has 2 aromatic carbocycles. The highest BCUT2D eigenvalue weighted by Gasteiger charge is 2.17. The third kappa shape index (κ3) is 5.23. The van der Waals surface area contributed by atoms with Crippen LogP contribution in [0.5, 0.6) is 5.75 Å². The Morgan fingerprint density at radius 1 is 1.07 bits per heavy atom. The third-order valence-corrected chi connectivity index (χ3v) is 4.52. The standard InChI is InChI=1S/C23H26N2O2/c1-3-27-21-11-9-19(10-12-21)17-24-23(26)16-22(25-13-4-5-14-25)20-8-6-7-18(2)15-20/h4-15,22H,3,16-17H2,1-2H3,(H,24,26)/t22-/m1/s1. The molecule has 3 rings (SSSR count). The highest BCUT2D eigenvalue weighted by molar-refractivity contribution is 5.76. The summed E-state index contributed by atoms with van der Waals surface area (Å²) in [6, 6.07) is 20.1. The number of aromatic nitrogens is 1. The van der Waals surface area contributed by atoms with Gasteiger partial charge in [-0.1, -0.05) is 42.0 Å². The van der Waals surface area contributed by atoms with Crippen molar-refractivity contribution in [1.29, 1.82) is 0 Å². The van der Waals surface area contributed by atoms with Crippen molar-refractivity contribution in [3.63, 3.8) is 0 Å². The van der Waals surface area contributed by atoms with Gasteiger partial charge in [-0.3, -0.25) is 4.79 Å². The Hall–Kier alpha value is -3.01. The van der Waals surface area contributed by atoms with E-state index in [-0.39, 0.29) is 11.9 Å². The number of rotatable bonds is 8. The molecule has 4 nitrogen and oxygen atoms in total. The summed E-state index contributed by atoms with van der Waals surface area (Å²) in [5.41, 5.74) is 3.39. The van der Waals surface area contributed by atoms with Gasteiger partial charge in [0.25, 0.3) is 0 Å². The Morgan fingerprint density at radius 2 is 1.81 bits per heavy atom. The van der Waals surface area contributed by atoms with Crippen LogP contribution in [-0.2, 0) is 11.3 Å². The van der Waals surface area contributed by atoms with E-state index >= 15 is 0 Å². The quantitative estimate of drug-likeness (QED) is 0.641. The maximum Gasteiger partial charge on any atom is 0.222 e. The zero-order valence-electron chi connectivity index (χ0n) is 15.9. The van der Waals surface area contributed by atoms with Crippen molar-refractivity contribution in [3.8, 4) is 5.75 Å². The number of nitrogens with one attached hydrogen (secondary N) is 1. The summed E-state index contributed by atoms with van der Waals surface area (Å²) in [6.07, 6.45) is 4.41. The van der Waals surface area contributed by atoms with Gasteiger partial charge in [-0.15, -0.1) is 0 Å². The molecule has 1 aromatic heterocycles. The van der Waals surface area contributed by atoms with Gasteiger partial charge in [-0.05, 0) is 49.2 Å². The average molecular weight is 362 g/mol. The predicted octanol–water partition coefficient (Wildman–Crippen LogP) is 4.49. The molecular weight excluding hydrogens is 336 g/mol. The van der Waals surface area contributed by atoms with Crippen LogP contribution >= 0.6 is 0 Å². The molecule has 0 aliphatic rings. The maximum absolute atomic E-state index is 12.6. The molecule has 1 N–H and O–H groups in total. The van der Waals surface area contributed by atoms with Gasteiger partial charge in [-0.25, -0.2) is 0 Å². The van der Waals surface area contributed by atoms with Crippen molar-refractivity contribution in [2.24, 2.45) is 0 Å². The first-order valence-corrected chi connectivity index (χ1v) is 9.33. The minimum atomic E-state index is -0.0137. The van der Waals surface area contributed by atoms with Gasteiger partial charge in [0.15, 0.2) is 0 Å². The van der Waals surface area contributed by atoms with E-state index in [1.54, 1.807) is 0 Å². The fourth-order valence-electron chi connectivity index (χ4n) is 3.15. The minimum Gasteiger partial charge on any atom is -0.494 e. The summed E-state index contributed by atoms with van der Waals surface area (Å²) in [5, 5.41) is 3.03. The van der Waals surface area contributed by atoms with Crippen LogP contribution in [0.15, 0.2) is 73.1 Å². The molecule has 1 amide bonds. The van der Waals surface area contributed by atoms with Crippen LogP contribution in [0.4, 0.5) is 0 Å². The monoisotopic (exact) mass is 362 g/mol. The first-order chi connectivity index (χ1) is 13.2. The van der Waals surface area contributed by atoms with E-state index in [9.17, 15) is 4.79 Å². The number of ether oxygens (including phenoxy) is 1. The van der Waals surface area contributed by atoms with Crippen molar-refractivity contribution < 1.29 is 9.53 Å². The number of amides is 1. The van der Waals surface area contributed by atoms with E-state index in [0.29, 0.717) is 19.6 Å². The second kappa shape index (κ2) is 9.08. The van der Waals surface area contributed by atoms with Gasteiger partial charge in [0.05, 0.1) is 19.1 Å². The summed E-state index contributed by atoms with van der Waals surface area (Å²) >= 11 is 0. The van der Waals surface area contributed by atoms with Gasteiger partial charge < -0.3 is 14.6 Å². The zero-order chi connectivity index (χ0) is 19.1. The number of carbonyl (C=O) groups excluding carboxylic acids is 1. The fraction of sp³-hybridized carbons (Fsp3) is 0.261.